The Morgan fingerprint density at radius 1 is 1.06 bits per heavy atom. The van der Waals surface area contributed by atoms with Gasteiger partial charge in [-0.3, -0.25) is 9.11 Å². The highest BCUT2D eigenvalue weighted by Crippen LogP contribution is 2.22. The highest BCUT2D eigenvalue weighted by atomic mass is 79.9. The van der Waals surface area contributed by atoms with Gasteiger partial charge in [-0.25, -0.2) is 0 Å². The van der Waals surface area contributed by atoms with E-state index >= 15 is 0 Å². The molecule has 18 heavy (non-hydrogen) atoms. The van der Waals surface area contributed by atoms with Gasteiger partial charge >= 0.3 is 0 Å². The van der Waals surface area contributed by atoms with Crippen molar-refractivity contribution in [2.24, 2.45) is 0 Å². The molecule has 1 aromatic carbocycles. The van der Waals surface area contributed by atoms with Gasteiger partial charge in [-0.1, -0.05) is 35.8 Å². The lowest BCUT2D eigenvalue weighted by Gasteiger charge is -2.05. The highest BCUT2D eigenvalue weighted by Gasteiger charge is 2.19. The maximum Gasteiger partial charge on any atom is 0.294 e. The molecule has 1 rings (SSSR count). The van der Waals surface area contributed by atoms with Crippen molar-refractivity contribution < 1.29 is 25.9 Å². The maximum absolute atomic E-state index is 11.0. The summed E-state index contributed by atoms with van der Waals surface area (Å²) in [5.74, 6) is 0. The van der Waals surface area contributed by atoms with Crippen molar-refractivity contribution in [2.45, 2.75) is 29.0 Å². The first-order valence-corrected chi connectivity index (χ1v) is 8.80. The molecule has 0 saturated heterocycles. The van der Waals surface area contributed by atoms with Crippen molar-refractivity contribution in [3.8, 4) is 0 Å². The van der Waals surface area contributed by atoms with Crippen molar-refractivity contribution in [2.75, 3.05) is 0 Å². The molecule has 0 spiro atoms. The third-order valence-electron chi connectivity index (χ3n) is 1.76. The molecule has 0 heterocycles. The highest BCUT2D eigenvalue weighted by molar-refractivity contribution is 9.08. The van der Waals surface area contributed by atoms with Crippen molar-refractivity contribution in [1.82, 2.24) is 0 Å². The van der Waals surface area contributed by atoms with Crippen LogP contribution < -0.4 is 0 Å². The average Bonchev–Trinajstić information content (AvgIpc) is 2.28. The van der Waals surface area contributed by atoms with Crippen LogP contribution in [0.25, 0.3) is 0 Å². The number of halogens is 1. The first-order chi connectivity index (χ1) is 8.16. The van der Waals surface area contributed by atoms with E-state index in [0.717, 1.165) is 6.07 Å². The van der Waals surface area contributed by atoms with Crippen LogP contribution in [0.2, 0.25) is 0 Å². The fraction of sp³-hybridized carbons (Fsp3) is 0.333. The van der Waals surface area contributed by atoms with Gasteiger partial charge in [0.2, 0.25) is 0 Å². The second-order valence-electron chi connectivity index (χ2n) is 2.85. The van der Waals surface area contributed by atoms with E-state index in [0.29, 0.717) is 6.07 Å². The summed E-state index contributed by atoms with van der Waals surface area (Å²) in [7, 11) is -9.04. The van der Waals surface area contributed by atoms with Crippen LogP contribution in [0, 0.1) is 0 Å². The van der Waals surface area contributed by atoms with E-state index in [4.69, 9.17) is 9.11 Å². The molecule has 6 nitrogen and oxygen atoms in total. The smallest absolute Gasteiger partial charge is 0.282 e. The topological polar surface area (TPSA) is 109 Å². The lowest BCUT2D eigenvalue weighted by atomic mass is 10.2. The summed E-state index contributed by atoms with van der Waals surface area (Å²) in [6.45, 7) is 4.00. The first-order valence-electron chi connectivity index (χ1n) is 4.80. The summed E-state index contributed by atoms with van der Waals surface area (Å²) < 4.78 is 61.1. The minimum atomic E-state index is -4.53. The van der Waals surface area contributed by atoms with Crippen molar-refractivity contribution in [1.29, 1.82) is 0 Å². The molecule has 0 unspecified atom stereocenters. The van der Waals surface area contributed by atoms with E-state index in [2.05, 4.69) is 15.9 Å². The van der Waals surface area contributed by atoms with Gasteiger partial charge in [0.25, 0.3) is 20.2 Å². The Hall–Kier alpha value is -0.480. The second kappa shape index (κ2) is 6.62. The monoisotopic (exact) mass is 360 g/mol. The molecule has 0 bridgehead atoms. The quantitative estimate of drug-likeness (QED) is 0.630. The second-order valence-corrected chi connectivity index (χ2v) is 6.23. The van der Waals surface area contributed by atoms with Gasteiger partial charge in [-0.2, -0.15) is 16.8 Å². The summed E-state index contributed by atoms with van der Waals surface area (Å²) in [5, 5.41) is 0.119. The fourth-order valence-electron chi connectivity index (χ4n) is 1.05. The van der Waals surface area contributed by atoms with Crippen LogP contribution in [-0.2, 0) is 25.6 Å². The van der Waals surface area contributed by atoms with Crippen LogP contribution in [0.1, 0.15) is 19.4 Å². The number of rotatable bonds is 3. The van der Waals surface area contributed by atoms with E-state index in [1.165, 1.54) is 6.07 Å². The molecule has 0 radical (unpaired) electrons. The molecule has 0 fully saturated rings. The molecule has 104 valence electrons. The van der Waals surface area contributed by atoms with Crippen LogP contribution in [0.3, 0.4) is 0 Å². The number of hydrogen-bond donors (Lipinski definition) is 2. The minimum absolute atomic E-state index is 0.119. The Balaban J connectivity index is 0.00000137. The molecule has 9 heteroatoms. The van der Waals surface area contributed by atoms with Crippen LogP contribution in [0.4, 0.5) is 0 Å². The Bertz CT molecular complexity index is 606. The first kappa shape index (κ1) is 17.5. The molecule has 1 aromatic rings. The zero-order chi connectivity index (χ0) is 14.6. The van der Waals surface area contributed by atoms with E-state index in [1.807, 2.05) is 13.8 Å². The third kappa shape index (κ3) is 4.65. The molecule has 0 amide bonds. The van der Waals surface area contributed by atoms with Crippen LogP contribution in [-0.4, -0.2) is 25.9 Å². The lowest BCUT2D eigenvalue weighted by molar-refractivity contribution is 0.480. The zero-order valence-corrected chi connectivity index (χ0v) is 12.9. The zero-order valence-electron chi connectivity index (χ0n) is 9.66. The Morgan fingerprint density at radius 2 is 1.56 bits per heavy atom. The molecular weight excluding hydrogens is 348 g/mol. The van der Waals surface area contributed by atoms with E-state index < -0.39 is 30.0 Å². The summed E-state index contributed by atoms with van der Waals surface area (Å²) in [6.07, 6.45) is 0. The van der Waals surface area contributed by atoms with Gasteiger partial charge < -0.3 is 0 Å². The predicted octanol–water partition coefficient (Wildman–Crippen LogP) is 2.10. The van der Waals surface area contributed by atoms with Gasteiger partial charge in [0.15, 0.2) is 0 Å². The van der Waals surface area contributed by atoms with Gasteiger partial charge in [0.05, 0.1) is 9.79 Å². The predicted molar refractivity (Wildman–Crippen MR) is 70.1 cm³/mol. The third-order valence-corrected chi connectivity index (χ3v) is 4.15. The van der Waals surface area contributed by atoms with Crippen LogP contribution >= 0.6 is 15.9 Å². The van der Waals surface area contributed by atoms with Crippen LogP contribution in [0.5, 0.6) is 0 Å². The summed E-state index contributed by atoms with van der Waals surface area (Å²) in [4.78, 5) is -1.15. The molecule has 0 aliphatic rings. The molecule has 2 N–H and O–H groups in total. The summed E-state index contributed by atoms with van der Waals surface area (Å²) in [5.41, 5.74) is 0.190. The molecule has 0 atom stereocenters. The van der Waals surface area contributed by atoms with Gasteiger partial charge in [0.1, 0.15) is 0 Å². The summed E-state index contributed by atoms with van der Waals surface area (Å²) in [6, 6.07) is 2.92. The number of hydrogen-bond acceptors (Lipinski definition) is 4. The van der Waals surface area contributed by atoms with E-state index in [9.17, 15) is 16.8 Å². The van der Waals surface area contributed by atoms with Gasteiger partial charge in [-0.05, 0) is 17.7 Å². The van der Waals surface area contributed by atoms with Crippen molar-refractivity contribution in [3.63, 3.8) is 0 Å². The molecule has 0 saturated carbocycles. The SMILES string of the molecule is CC.O=S(=O)(O)c1ccc(CBr)c(S(=O)(=O)O)c1. The lowest BCUT2D eigenvalue weighted by Crippen LogP contribution is -2.06. The average molecular weight is 361 g/mol. The number of benzene rings is 1. The van der Waals surface area contributed by atoms with Crippen molar-refractivity contribution in [3.05, 3.63) is 23.8 Å². The number of alkyl halides is 1. The van der Waals surface area contributed by atoms with Crippen molar-refractivity contribution >= 4 is 36.2 Å². The summed E-state index contributed by atoms with van der Waals surface area (Å²) >= 11 is 2.99. The molecule has 0 aliphatic heterocycles. The Morgan fingerprint density at radius 3 is 1.89 bits per heavy atom. The van der Waals surface area contributed by atoms with Gasteiger partial charge in [0, 0.05) is 5.33 Å². The van der Waals surface area contributed by atoms with E-state index in [1.54, 1.807) is 0 Å². The fourth-order valence-corrected chi connectivity index (χ4v) is 3.05. The molecule has 0 aromatic heterocycles. The Kier molecular flexibility index (Phi) is 6.44. The van der Waals surface area contributed by atoms with Gasteiger partial charge in [-0.15, -0.1) is 0 Å². The van der Waals surface area contributed by atoms with E-state index in [-0.39, 0.29) is 10.9 Å². The maximum atomic E-state index is 11.0. The largest absolute Gasteiger partial charge is 0.294 e. The minimum Gasteiger partial charge on any atom is -0.282 e. The standard InChI is InChI=1S/C7H7BrO6S2.C2H6/c8-4-5-1-2-6(15(9,10)11)3-7(5)16(12,13)14;1-2/h1-3H,4H2,(H,9,10,11)(H,12,13,14);1-2H3. The molecular formula is C9H13BrO6S2. The Labute approximate surface area is 115 Å². The molecule has 0 aliphatic carbocycles. The van der Waals surface area contributed by atoms with Crippen LogP contribution in [0.15, 0.2) is 28.0 Å². The normalized spacial score (nSPS) is 11.6.